The Labute approximate surface area is 96.2 Å². The van der Waals surface area contributed by atoms with Crippen LogP contribution in [0.2, 0.25) is 0 Å². The number of benzene rings is 1. The van der Waals surface area contributed by atoms with E-state index in [-0.39, 0.29) is 11.7 Å². The zero-order valence-electron chi connectivity index (χ0n) is 8.34. The van der Waals surface area contributed by atoms with E-state index in [0.29, 0.717) is 5.56 Å². The third-order valence-electron chi connectivity index (χ3n) is 2.64. The molecule has 1 unspecified atom stereocenters. The molecule has 0 aromatic heterocycles. The fraction of sp³-hybridized carbons (Fsp3) is 0.455. The summed E-state index contributed by atoms with van der Waals surface area (Å²) in [5, 5.41) is 9.87. The number of hydrogen-bond donors (Lipinski definition) is 1. The minimum atomic E-state index is -0.712. The van der Waals surface area contributed by atoms with Crippen molar-refractivity contribution in [1.82, 2.24) is 0 Å². The molecule has 0 saturated heterocycles. The van der Waals surface area contributed by atoms with Crippen molar-refractivity contribution < 1.29 is 14.2 Å². The van der Waals surface area contributed by atoms with E-state index < -0.39 is 11.9 Å². The Hall–Kier alpha value is -0.610. The van der Waals surface area contributed by atoms with Crippen LogP contribution < -0.4 is 4.74 Å². The number of methoxy groups -OCH3 is 1. The summed E-state index contributed by atoms with van der Waals surface area (Å²) < 4.78 is 19.4. The average Bonchev–Trinajstić information content (AvgIpc) is 3.03. The van der Waals surface area contributed by atoms with Crippen LogP contribution in [0.1, 0.15) is 24.5 Å². The highest BCUT2D eigenvalue weighted by molar-refractivity contribution is 9.10. The molecule has 82 valence electrons. The van der Waals surface area contributed by atoms with Gasteiger partial charge in [-0.15, -0.1) is 0 Å². The van der Waals surface area contributed by atoms with Crippen molar-refractivity contribution in [3.8, 4) is 5.75 Å². The summed E-state index contributed by atoms with van der Waals surface area (Å²) >= 11 is 3.27. The summed E-state index contributed by atoms with van der Waals surface area (Å²) in [4.78, 5) is 0. The molecule has 0 aliphatic heterocycles. The Morgan fingerprint density at radius 3 is 2.73 bits per heavy atom. The molecule has 0 bridgehead atoms. The second-order valence-corrected chi connectivity index (χ2v) is 4.71. The van der Waals surface area contributed by atoms with Gasteiger partial charge < -0.3 is 9.84 Å². The number of hydrogen-bond acceptors (Lipinski definition) is 2. The fourth-order valence-electron chi connectivity index (χ4n) is 1.61. The highest BCUT2D eigenvalue weighted by Gasteiger charge is 2.33. The van der Waals surface area contributed by atoms with Gasteiger partial charge in [-0.1, -0.05) is 15.9 Å². The van der Waals surface area contributed by atoms with E-state index >= 15 is 0 Å². The van der Waals surface area contributed by atoms with Gasteiger partial charge in [0, 0.05) is 10.0 Å². The Morgan fingerprint density at radius 2 is 2.20 bits per heavy atom. The van der Waals surface area contributed by atoms with Crippen LogP contribution in [-0.2, 0) is 0 Å². The molecule has 0 spiro atoms. The normalized spacial score (nSPS) is 17.6. The van der Waals surface area contributed by atoms with E-state index in [0.717, 1.165) is 17.3 Å². The van der Waals surface area contributed by atoms with Crippen LogP contribution in [0.3, 0.4) is 0 Å². The van der Waals surface area contributed by atoms with Gasteiger partial charge in [0.25, 0.3) is 0 Å². The van der Waals surface area contributed by atoms with E-state index in [1.54, 1.807) is 12.1 Å². The number of aliphatic hydroxyl groups is 1. The Balaban J connectivity index is 2.40. The lowest BCUT2D eigenvalue weighted by atomic mass is 10.0. The van der Waals surface area contributed by atoms with Crippen LogP contribution in [0, 0.1) is 11.7 Å². The molecule has 1 aromatic carbocycles. The fourth-order valence-corrected chi connectivity index (χ4v) is 2.07. The minimum Gasteiger partial charge on any atom is -0.494 e. The molecule has 4 heteroatoms. The Kier molecular flexibility index (Phi) is 2.98. The maximum atomic E-state index is 13.8. The van der Waals surface area contributed by atoms with Crippen molar-refractivity contribution in [2.75, 3.05) is 7.11 Å². The van der Waals surface area contributed by atoms with Crippen molar-refractivity contribution >= 4 is 15.9 Å². The van der Waals surface area contributed by atoms with Crippen LogP contribution in [0.25, 0.3) is 0 Å². The van der Waals surface area contributed by atoms with Crippen LogP contribution in [0.5, 0.6) is 5.75 Å². The van der Waals surface area contributed by atoms with Crippen LogP contribution >= 0.6 is 15.9 Å². The summed E-state index contributed by atoms with van der Waals surface area (Å²) in [6, 6.07) is 3.17. The zero-order valence-corrected chi connectivity index (χ0v) is 9.92. The van der Waals surface area contributed by atoms with E-state index in [9.17, 15) is 9.50 Å². The summed E-state index contributed by atoms with van der Waals surface area (Å²) in [7, 11) is 1.41. The van der Waals surface area contributed by atoms with Gasteiger partial charge >= 0.3 is 0 Å². The second-order valence-electron chi connectivity index (χ2n) is 3.79. The molecule has 1 aliphatic rings. The maximum absolute atomic E-state index is 13.8. The molecule has 2 nitrogen and oxygen atoms in total. The first-order valence-corrected chi connectivity index (χ1v) is 5.63. The number of rotatable bonds is 3. The summed E-state index contributed by atoms with van der Waals surface area (Å²) in [5.74, 6) is -0.0855. The van der Waals surface area contributed by atoms with Gasteiger partial charge in [0.2, 0.25) is 0 Å². The molecule has 0 amide bonds. The number of aliphatic hydroxyl groups excluding tert-OH is 1. The van der Waals surface area contributed by atoms with Gasteiger partial charge in [-0.05, 0) is 30.9 Å². The molecule has 1 fully saturated rings. The highest BCUT2D eigenvalue weighted by atomic mass is 79.9. The summed E-state index contributed by atoms with van der Waals surface area (Å²) in [6.07, 6.45) is 1.22. The standard InChI is InChI=1S/C11H12BrFO2/c1-15-9-5-7(12)4-8(10(9)13)11(14)6-2-3-6/h4-6,11,14H,2-3H2,1H3. The van der Waals surface area contributed by atoms with Gasteiger partial charge in [-0.3, -0.25) is 0 Å². The quantitative estimate of drug-likeness (QED) is 0.918. The van der Waals surface area contributed by atoms with Gasteiger partial charge in [0.15, 0.2) is 11.6 Å². The predicted molar refractivity (Wildman–Crippen MR) is 58.3 cm³/mol. The molecule has 1 aliphatic carbocycles. The first-order chi connectivity index (χ1) is 7.13. The second kappa shape index (κ2) is 4.10. The topological polar surface area (TPSA) is 29.5 Å². The van der Waals surface area contributed by atoms with Crippen LogP contribution in [0.15, 0.2) is 16.6 Å². The molecule has 1 atom stereocenters. The largest absolute Gasteiger partial charge is 0.494 e. The van der Waals surface area contributed by atoms with E-state index in [1.807, 2.05) is 0 Å². The maximum Gasteiger partial charge on any atom is 0.170 e. The van der Waals surface area contributed by atoms with E-state index in [1.165, 1.54) is 7.11 Å². The minimum absolute atomic E-state index is 0.166. The first kappa shape index (κ1) is 10.9. The number of halogens is 2. The average molecular weight is 275 g/mol. The van der Waals surface area contributed by atoms with Crippen molar-refractivity contribution in [3.63, 3.8) is 0 Å². The van der Waals surface area contributed by atoms with Crippen molar-refractivity contribution in [3.05, 3.63) is 28.0 Å². The van der Waals surface area contributed by atoms with Crippen molar-refractivity contribution in [2.24, 2.45) is 5.92 Å². The summed E-state index contributed by atoms with van der Waals surface area (Å²) in [6.45, 7) is 0. The zero-order chi connectivity index (χ0) is 11.0. The Morgan fingerprint density at radius 1 is 1.53 bits per heavy atom. The molecule has 15 heavy (non-hydrogen) atoms. The lowest BCUT2D eigenvalue weighted by molar-refractivity contribution is 0.148. The van der Waals surface area contributed by atoms with Gasteiger partial charge in [-0.25, -0.2) is 4.39 Å². The third-order valence-corrected chi connectivity index (χ3v) is 3.10. The lowest BCUT2D eigenvalue weighted by Crippen LogP contribution is -2.04. The summed E-state index contributed by atoms with van der Waals surface area (Å²) in [5.41, 5.74) is 0.323. The monoisotopic (exact) mass is 274 g/mol. The highest BCUT2D eigenvalue weighted by Crippen LogP contribution is 2.43. The van der Waals surface area contributed by atoms with Gasteiger partial charge in [0.05, 0.1) is 13.2 Å². The van der Waals surface area contributed by atoms with E-state index in [2.05, 4.69) is 15.9 Å². The van der Waals surface area contributed by atoms with Crippen LogP contribution in [-0.4, -0.2) is 12.2 Å². The molecule has 1 aromatic rings. The first-order valence-electron chi connectivity index (χ1n) is 4.84. The molecule has 0 radical (unpaired) electrons. The molecule has 2 rings (SSSR count). The molecule has 0 heterocycles. The molecular formula is C11H12BrFO2. The predicted octanol–water partition coefficient (Wildman–Crippen LogP) is 3.04. The van der Waals surface area contributed by atoms with Gasteiger partial charge in [-0.2, -0.15) is 0 Å². The molecule has 1 saturated carbocycles. The van der Waals surface area contributed by atoms with E-state index in [4.69, 9.17) is 4.74 Å². The van der Waals surface area contributed by atoms with Crippen molar-refractivity contribution in [1.29, 1.82) is 0 Å². The lowest BCUT2D eigenvalue weighted by Gasteiger charge is -2.13. The smallest absolute Gasteiger partial charge is 0.170 e. The van der Waals surface area contributed by atoms with Crippen LogP contribution in [0.4, 0.5) is 4.39 Å². The Bertz CT molecular complexity index is 377. The molecular weight excluding hydrogens is 263 g/mol. The van der Waals surface area contributed by atoms with Gasteiger partial charge in [0.1, 0.15) is 0 Å². The third kappa shape index (κ3) is 2.16. The van der Waals surface area contributed by atoms with Crippen molar-refractivity contribution in [2.45, 2.75) is 18.9 Å². The number of ether oxygens (including phenoxy) is 1. The molecule has 1 N–H and O–H groups in total. The SMILES string of the molecule is COc1cc(Br)cc(C(O)C2CC2)c1F.